The van der Waals surface area contributed by atoms with E-state index in [1.54, 1.807) is 30.5 Å². The number of pyridine rings is 1. The number of ether oxygens (including phenoxy) is 1. The number of hydrogen-bond acceptors (Lipinski definition) is 8. The van der Waals surface area contributed by atoms with E-state index in [0.717, 1.165) is 22.5 Å². The molecule has 2 fully saturated rings. The second-order valence-electron chi connectivity index (χ2n) is 8.70. The lowest BCUT2D eigenvalue weighted by molar-refractivity contribution is 0.482. The molecule has 4 aromatic rings. The number of nitriles is 1. The molecular weight excluding hydrogens is 466 g/mol. The fourth-order valence-electron chi connectivity index (χ4n) is 3.76. The third kappa shape index (κ3) is 4.36. The summed E-state index contributed by atoms with van der Waals surface area (Å²) in [5, 5.41) is 20.7. The van der Waals surface area contributed by atoms with Crippen molar-refractivity contribution in [1.29, 1.82) is 5.26 Å². The molecule has 6 rings (SSSR count). The molecule has 3 heterocycles. The van der Waals surface area contributed by atoms with E-state index in [2.05, 4.69) is 21.5 Å². The van der Waals surface area contributed by atoms with E-state index in [4.69, 9.17) is 9.84 Å². The summed E-state index contributed by atoms with van der Waals surface area (Å²) in [7, 11) is -3.43. The van der Waals surface area contributed by atoms with Crippen LogP contribution in [0.4, 0.5) is 11.5 Å². The van der Waals surface area contributed by atoms with Gasteiger partial charge in [0, 0.05) is 17.8 Å². The Morgan fingerprint density at radius 2 is 1.97 bits per heavy atom. The smallest absolute Gasteiger partial charge is 0.256 e. The second-order valence-corrected chi connectivity index (χ2v) is 10.8. The minimum atomic E-state index is -3.43. The highest BCUT2D eigenvalue weighted by Gasteiger charge is 2.37. The molecule has 3 aromatic heterocycles. The Morgan fingerprint density at radius 3 is 2.74 bits per heavy atom. The number of benzene rings is 1. The van der Waals surface area contributed by atoms with Gasteiger partial charge in [-0.25, -0.2) is 13.4 Å². The van der Waals surface area contributed by atoms with Gasteiger partial charge in [-0.3, -0.25) is 4.68 Å². The van der Waals surface area contributed by atoms with Crippen LogP contribution in [0, 0.1) is 11.3 Å². The van der Waals surface area contributed by atoms with Crippen molar-refractivity contribution in [3.05, 3.63) is 66.7 Å². The first-order valence-corrected chi connectivity index (χ1v) is 12.8. The van der Waals surface area contributed by atoms with Gasteiger partial charge in [-0.1, -0.05) is 12.1 Å². The van der Waals surface area contributed by atoms with E-state index in [1.807, 2.05) is 23.0 Å². The van der Waals surface area contributed by atoms with Crippen LogP contribution in [0.2, 0.25) is 0 Å². The highest BCUT2D eigenvalue weighted by atomic mass is 32.2. The lowest BCUT2D eigenvalue weighted by Gasteiger charge is -2.08. The van der Waals surface area contributed by atoms with Crippen molar-refractivity contribution in [3.8, 4) is 28.8 Å². The molecule has 0 spiro atoms. The Labute approximate surface area is 201 Å². The molecule has 0 radical (unpaired) electrons. The number of hydrogen-bond donors (Lipinski definition) is 1. The molecule has 1 aromatic carbocycles. The molecule has 0 amide bonds. The molecule has 10 nitrogen and oxygen atoms in total. The maximum atomic E-state index is 12.4. The summed E-state index contributed by atoms with van der Waals surface area (Å²) in [6.07, 6.45) is 9.88. The Morgan fingerprint density at radius 1 is 1.11 bits per heavy atom. The summed E-state index contributed by atoms with van der Waals surface area (Å²) in [6, 6.07) is 13.2. The zero-order valence-corrected chi connectivity index (χ0v) is 19.4. The molecule has 0 unspecified atom stereocenters. The van der Waals surface area contributed by atoms with Gasteiger partial charge in [-0.2, -0.15) is 19.5 Å². The Balaban J connectivity index is 1.25. The van der Waals surface area contributed by atoms with Gasteiger partial charge in [0.05, 0.1) is 47.2 Å². The van der Waals surface area contributed by atoms with E-state index in [0.29, 0.717) is 53.1 Å². The topological polar surface area (TPSA) is 128 Å². The van der Waals surface area contributed by atoms with E-state index >= 15 is 0 Å². The van der Waals surface area contributed by atoms with Crippen molar-refractivity contribution in [1.82, 2.24) is 24.0 Å². The second kappa shape index (κ2) is 8.25. The summed E-state index contributed by atoms with van der Waals surface area (Å²) in [6.45, 7) is 0. The average molecular weight is 488 g/mol. The Kier molecular flexibility index (Phi) is 5.04. The van der Waals surface area contributed by atoms with Gasteiger partial charge in [0.25, 0.3) is 10.0 Å². The van der Waals surface area contributed by atoms with Crippen molar-refractivity contribution in [2.75, 3.05) is 5.32 Å². The number of nitrogens with one attached hydrogen (secondary N) is 1. The first-order chi connectivity index (χ1) is 17.0. The maximum absolute atomic E-state index is 12.4. The van der Waals surface area contributed by atoms with Crippen molar-refractivity contribution in [2.24, 2.45) is 0 Å². The summed E-state index contributed by atoms with van der Waals surface area (Å²) in [5.41, 5.74) is 2.52. The SMILES string of the molecule is N#Cc1cccc(-c2nn(C3CC3)cc2Oc2ccnc(Nc3cnn(S(=O)(=O)C4CC4)c3)c2)c1. The summed E-state index contributed by atoms with van der Waals surface area (Å²) < 4.78 is 33.9. The monoisotopic (exact) mass is 487 g/mol. The number of rotatable bonds is 8. The molecular formula is C24H21N7O3S. The van der Waals surface area contributed by atoms with Crippen molar-refractivity contribution in [2.45, 2.75) is 37.0 Å². The summed E-state index contributed by atoms with van der Waals surface area (Å²) in [5.74, 6) is 1.59. The normalized spacial score (nSPS) is 15.5. The molecule has 0 saturated heterocycles. The number of aromatic nitrogens is 5. The van der Waals surface area contributed by atoms with Gasteiger partial charge >= 0.3 is 0 Å². The van der Waals surface area contributed by atoms with Crippen LogP contribution in [-0.2, 0) is 10.0 Å². The van der Waals surface area contributed by atoms with Gasteiger partial charge in [0.2, 0.25) is 0 Å². The molecule has 0 bridgehead atoms. The molecule has 0 aliphatic heterocycles. The fraction of sp³-hybridized carbons (Fsp3) is 0.250. The van der Waals surface area contributed by atoms with Crippen molar-refractivity contribution in [3.63, 3.8) is 0 Å². The van der Waals surface area contributed by atoms with Crippen LogP contribution in [0.5, 0.6) is 11.5 Å². The minimum Gasteiger partial charge on any atom is -0.453 e. The maximum Gasteiger partial charge on any atom is 0.256 e. The summed E-state index contributed by atoms with van der Waals surface area (Å²) >= 11 is 0. The van der Waals surface area contributed by atoms with Crippen LogP contribution in [0.25, 0.3) is 11.3 Å². The zero-order valence-electron chi connectivity index (χ0n) is 18.6. The van der Waals surface area contributed by atoms with Gasteiger partial charge in [-0.05, 0) is 43.9 Å². The molecule has 1 N–H and O–H groups in total. The first-order valence-electron chi connectivity index (χ1n) is 11.3. The quantitative estimate of drug-likeness (QED) is 0.391. The minimum absolute atomic E-state index is 0.343. The van der Waals surface area contributed by atoms with Crippen LogP contribution >= 0.6 is 0 Å². The first kappa shape index (κ1) is 21.4. The van der Waals surface area contributed by atoms with Gasteiger partial charge in [0.1, 0.15) is 17.3 Å². The van der Waals surface area contributed by atoms with Crippen LogP contribution in [-0.4, -0.2) is 37.6 Å². The highest BCUT2D eigenvalue weighted by molar-refractivity contribution is 7.90. The van der Waals surface area contributed by atoms with Crippen LogP contribution in [0.15, 0.2) is 61.2 Å². The predicted molar refractivity (Wildman–Crippen MR) is 128 cm³/mol. The van der Waals surface area contributed by atoms with E-state index in [-0.39, 0.29) is 5.25 Å². The van der Waals surface area contributed by atoms with Gasteiger partial charge in [-0.15, -0.1) is 0 Å². The average Bonchev–Trinajstić information content (AvgIpc) is 3.80. The highest BCUT2D eigenvalue weighted by Crippen LogP contribution is 2.40. The number of nitrogens with zero attached hydrogens (tertiary/aromatic N) is 6. The molecule has 11 heteroatoms. The molecule has 2 saturated carbocycles. The number of anilines is 2. The van der Waals surface area contributed by atoms with Crippen LogP contribution in [0.1, 0.15) is 37.3 Å². The zero-order chi connectivity index (χ0) is 24.0. The van der Waals surface area contributed by atoms with Gasteiger partial charge in [0.15, 0.2) is 5.75 Å². The largest absolute Gasteiger partial charge is 0.453 e. The third-order valence-electron chi connectivity index (χ3n) is 5.88. The molecule has 176 valence electrons. The van der Waals surface area contributed by atoms with Crippen molar-refractivity contribution < 1.29 is 13.2 Å². The van der Waals surface area contributed by atoms with E-state index in [1.165, 1.54) is 12.4 Å². The standard InChI is InChI=1S/C24H21N7O3S/c25-12-16-2-1-3-17(10-16)24-22(15-30(29-24)19-4-5-19)34-20-8-9-26-23(11-20)28-18-13-27-31(14-18)35(32,33)21-6-7-21/h1-3,8-11,13-15,19,21H,4-7H2,(H,26,28). The van der Waals surface area contributed by atoms with Gasteiger partial charge < -0.3 is 10.1 Å². The predicted octanol–water partition coefficient (Wildman–Crippen LogP) is 4.22. The fourth-order valence-corrected chi connectivity index (χ4v) is 5.23. The Hall–Kier alpha value is -4.17. The van der Waals surface area contributed by atoms with Crippen LogP contribution in [0.3, 0.4) is 0 Å². The van der Waals surface area contributed by atoms with E-state index < -0.39 is 10.0 Å². The molecule has 0 atom stereocenters. The van der Waals surface area contributed by atoms with Crippen LogP contribution < -0.4 is 10.1 Å². The molecule has 2 aliphatic carbocycles. The van der Waals surface area contributed by atoms with E-state index in [9.17, 15) is 13.7 Å². The lowest BCUT2D eigenvalue weighted by atomic mass is 10.1. The van der Waals surface area contributed by atoms with Crippen molar-refractivity contribution >= 4 is 21.5 Å². The third-order valence-corrected chi connectivity index (χ3v) is 7.92. The summed E-state index contributed by atoms with van der Waals surface area (Å²) in [4.78, 5) is 4.31. The molecule has 2 aliphatic rings. The molecule has 35 heavy (non-hydrogen) atoms. The lowest BCUT2D eigenvalue weighted by Crippen LogP contribution is -2.17. The Bertz CT molecular complexity index is 1560.